The van der Waals surface area contributed by atoms with Crippen LogP contribution in [0.25, 0.3) is 0 Å². The minimum atomic E-state index is -0.157. The van der Waals surface area contributed by atoms with Gasteiger partial charge in [-0.1, -0.05) is 49.4 Å². The van der Waals surface area contributed by atoms with Crippen molar-refractivity contribution in [3.05, 3.63) is 30.3 Å². The fraction of sp³-hybridized carbons (Fsp3) is 0.455. The van der Waals surface area contributed by atoms with Crippen molar-refractivity contribution in [2.24, 2.45) is 0 Å². The highest BCUT2D eigenvalue weighted by molar-refractivity contribution is 6.56. The summed E-state index contributed by atoms with van der Waals surface area (Å²) in [5, 5.41) is 5.30. The Morgan fingerprint density at radius 1 is 1.23 bits per heavy atom. The van der Waals surface area contributed by atoms with E-state index in [1.165, 1.54) is 0 Å². The third-order valence-electron chi connectivity index (χ3n) is 2.18. The Bertz CT molecular complexity index is 244. The van der Waals surface area contributed by atoms with Crippen LogP contribution in [0.3, 0.4) is 0 Å². The Balaban J connectivity index is 2.58. The Labute approximate surface area is 83.4 Å². The largest absolute Gasteiger partial charge is 0.320 e. The fourth-order valence-corrected chi connectivity index (χ4v) is 3.68. The molecule has 0 saturated carbocycles. The van der Waals surface area contributed by atoms with Gasteiger partial charge in [0.25, 0.3) is 0 Å². The van der Waals surface area contributed by atoms with Crippen LogP contribution in [0.1, 0.15) is 13.8 Å². The number of hydrogen-bond acceptors (Lipinski definition) is 1. The molecule has 1 nitrogen and oxygen atoms in total. The van der Waals surface area contributed by atoms with E-state index in [2.05, 4.69) is 49.5 Å². The smallest absolute Gasteiger partial charge is 0.0617 e. The SMILES string of the molecule is CNCC(C)(C)[SiH2]c1ccccc1. The molecule has 0 spiro atoms. The summed E-state index contributed by atoms with van der Waals surface area (Å²) >= 11 is 0. The van der Waals surface area contributed by atoms with Crippen LogP contribution in [0.4, 0.5) is 0 Å². The van der Waals surface area contributed by atoms with Crippen molar-refractivity contribution in [2.75, 3.05) is 13.6 Å². The van der Waals surface area contributed by atoms with Crippen molar-refractivity contribution >= 4 is 14.7 Å². The molecule has 0 amide bonds. The molecule has 0 aliphatic heterocycles. The van der Waals surface area contributed by atoms with Gasteiger partial charge >= 0.3 is 0 Å². The normalized spacial score (nSPS) is 12.5. The van der Waals surface area contributed by atoms with Crippen LogP contribution in [0, 0.1) is 0 Å². The van der Waals surface area contributed by atoms with E-state index in [4.69, 9.17) is 0 Å². The molecule has 0 heterocycles. The Morgan fingerprint density at radius 2 is 1.85 bits per heavy atom. The lowest BCUT2D eigenvalue weighted by atomic mass is 10.2. The minimum absolute atomic E-state index is 0.157. The molecule has 72 valence electrons. The van der Waals surface area contributed by atoms with E-state index in [1.807, 2.05) is 7.05 Å². The number of rotatable bonds is 4. The molecule has 1 aromatic rings. The maximum atomic E-state index is 3.26. The Morgan fingerprint density at radius 3 is 2.38 bits per heavy atom. The lowest BCUT2D eigenvalue weighted by Crippen LogP contribution is -2.32. The van der Waals surface area contributed by atoms with Gasteiger partial charge in [-0.3, -0.25) is 0 Å². The second kappa shape index (κ2) is 4.58. The van der Waals surface area contributed by atoms with Gasteiger partial charge in [-0.25, -0.2) is 0 Å². The summed E-state index contributed by atoms with van der Waals surface area (Å²) in [5.41, 5.74) is 0. The van der Waals surface area contributed by atoms with Crippen LogP contribution in [0.15, 0.2) is 30.3 Å². The maximum Gasteiger partial charge on any atom is 0.0617 e. The van der Waals surface area contributed by atoms with Crippen LogP contribution in [0.2, 0.25) is 5.04 Å². The fourth-order valence-electron chi connectivity index (χ4n) is 1.69. The van der Waals surface area contributed by atoms with Gasteiger partial charge in [0.2, 0.25) is 0 Å². The first kappa shape index (κ1) is 10.5. The minimum Gasteiger partial charge on any atom is -0.320 e. The molecule has 0 aromatic heterocycles. The van der Waals surface area contributed by atoms with Crippen molar-refractivity contribution in [3.8, 4) is 0 Å². The summed E-state index contributed by atoms with van der Waals surface area (Å²) in [7, 11) is 1.87. The number of nitrogens with one attached hydrogen (secondary N) is 1. The van der Waals surface area contributed by atoms with E-state index in [9.17, 15) is 0 Å². The third kappa shape index (κ3) is 3.74. The average Bonchev–Trinajstić information content (AvgIpc) is 2.04. The number of hydrogen-bond donors (Lipinski definition) is 1. The second-order valence-electron chi connectivity index (χ2n) is 4.36. The first-order valence-corrected chi connectivity index (χ1v) is 6.24. The summed E-state index contributed by atoms with van der Waals surface area (Å²) in [6, 6.07) is 10.9. The summed E-state index contributed by atoms with van der Waals surface area (Å²) < 4.78 is 0. The monoisotopic (exact) mass is 193 g/mol. The summed E-state index contributed by atoms with van der Waals surface area (Å²) in [5.74, 6) is 0. The maximum absolute atomic E-state index is 3.26. The molecular formula is C11H19NSi. The highest BCUT2D eigenvalue weighted by Crippen LogP contribution is 2.19. The number of benzene rings is 1. The van der Waals surface area contributed by atoms with Gasteiger partial charge in [0.15, 0.2) is 0 Å². The molecule has 0 aliphatic carbocycles. The van der Waals surface area contributed by atoms with Gasteiger partial charge in [-0.05, 0) is 18.6 Å². The van der Waals surface area contributed by atoms with Crippen LogP contribution < -0.4 is 10.5 Å². The molecule has 0 saturated heterocycles. The molecule has 0 radical (unpaired) electrons. The van der Waals surface area contributed by atoms with Crippen molar-refractivity contribution in [2.45, 2.75) is 18.9 Å². The highest BCUT2D eigenvalue weighted by Gasteiger charge is 2.17. The molecule has 1 rings (SSSR count). The van der Waals surface area contributed by atoms with Crippen molar-refractivity contribution in [3.63, 3.8) is 0 Å². The zero-order chi connectivity index (χ0) is 9.73. The predicted octanol–water partition coefficient (Wildman–Crippen LogP) is 0.899. The lowest BCUT2D eigenvalue weighted by Gasteiger charge is -2.23. The van der Waals surface area contributed by atoms with Crippen molar-refractivity contribution in [1.82, 2.24) is 5.32 Å². The van der Waals surface area contributed by atoms with Crippen LogP contribution in [-0.2, 0) is 0 Å². The van der Waals surface area contributed by atoms with Crippen molar-refractivity contribution in [1.29, 1.82) is 0 Å². The molecule has 1 N–H and O–H groups in total. The highest BCUT2D eigenvalue weighted by atomic mass is 28.2. The van der Waals surface area contributed by atoms with Gasteiger partial charge in [-0.15, -0.1) is 0 Å². The van der Waals surface area contributed by atoms with Gasteiger partial charge in [0, 0.05) is 0 Å². The first-order valence-electron chi connectivity index (χ1n) is 4.82. The van der Waals surface area contributed by atoms with Gasteiger partial charge < -0.3 is 5.32 Å². The molecule has 0 aliphatic rings. The van der Waals surface area contributed by atoms with E-state index < -0.39 is 0 Å². The molecule has 0 bridgehead atoms. The molecule has 0 unspecified atom stereocenters. The quantitative estimate of drug-likeness (QED) is 0.701. The summed E-state index contributed by atoms with van der Waals surface area (Å²) in [4.78, 5) is 0. The van der Waals surface area contributed by atoms with E-state index in [0.29, 0.717) is 5.04 Å². The van der Waals surface area contributed by atoms with Crippen LogP contribution >= 0.6 is 0 Å². The Hall–Kier alpha value is -0.603. The average molecular weight is 193 g/mol. The Kier molecular flexibility index (Phi) is 3.69. The van der Waals surface area contributed by atoms with E-state index in [-0.39, 0.29) is 9.52 Å². The first-order chi connectivity index (χ1) is 6.14. The molecule has 0 atom stereocenters. The molecular weight excluding hydrogens is 174 g/mol. The van der Waals surface area contributed by atoms with E-state index in [1.54, 1.807) is 5.19 Å². The van der Waals surface area contributed by atoms with Crippen molar-refractivity contribution < 1.29 is 0 Å². The summed E-state index contributed by atoms with van der Waals surface area (Å²) in [6.07, 6.45) is 0. The predicted molar refractivity (Wildman–Crippen MR) is 62.6 cm³/mol. The van der Waals surface area contributed by atoms with E-state index in [0.717, 1.165) is 6.54 Å². The lowest BCUT2D eigenvalue weighted by molar-refractivity contribution is 0.613. The topological polar surface area (TPSA) is 12.0 Å². The van der Waals surface area contributed by atoms with Crippen LogP contribution in [0.5, 0.6) is 0 Å². The zero-order valence-corrected chi connectivity index (χ0v) is 10.2. The molecule has 13 heavy (non-hydrogen) atoms. The zero-order valence-electron chi connectivity index (χ0n) is 8.80. The van der Waals surface area contributed by atoms with Crippen LogP contribution in [-0.4, -0.2) is 23.1 Å². The van der Waals surface area contributed by atoms with Gasteiger partial charge in [0.1, 0.15) is 0 Å². The summed E-state index contributed by atoms with van der Waals surface area (Å²) in [6.45, 7) is 5.82. The second-order valence-corrected chi connectivity index (χ2v) is 7.44. The molecule has 0 fully saturated rings. The molecule has 2 heteroatoms. The van der Waals surface area contributed by atoms with Gasteiger partial charge in [-0.2, -0.15) is 0 Å². The third-order valence-corrected chi connectivity index (χ3v) is 4.27. The van der Waals surface area contributed by atoms with Gasteiger partial charge in [0.05, 0.1) is 9.52 Å². The standard InChI is InChI=1S/C11H19NSi/c1-11(2,9-12-3)13-10-7-5-4-6-8-10/h4-8,12H,9,13H2,1-3H3. The van der Waals surface area contributed by atoms with E-state index >= 15 is 0 Å². The molecule has 1 aromatic carbocycles.